The first kappa shape index (κ1) is 22.1. The maximum atomic E-state index is 11.9. The first-order valence-corrected chi connectivity index (χ1v) is 9.04. The van der Waals surface area contributed by atoms with E-state index in [-0.39, 0.29) is 29.7 Å². The molecule has 6 nitrogen and oxygen atoms in total. The van der Waals surface area contributed by atoms with Crippen LogP contribution >= 0.6 is 24.0 Å². The summed E-state index contributed by atoms with van der Waals surface area (Å²) in [4.78, 5) is 4.05. The van der Waals surface area contributed by atoms with Gasteiger partial charge in [0, 0.05) is 26.7 Å². The molecule has 0 amide bonds. The molecule has 0 atom stereocenters. The molecule has 0 saturated heterocycles. The minimum Gasteiger partial charge on any atom is -0.356 e. The van der Waals surface area contributed by atoms with Gasteiger partial charge in [-0.15, -0.1) is 24.0 Å². The van der Waals surface area contributed by atoms with E-state index in [1.165, 1.54) is 0 Å². The van der Waals surface area contributed by atoms with Crippen molar-refractivity contribution in [2.75, 3.05) is 25.9 Å². The van der Waals surface area contributed by atoms with Crippen molar-refractivity contribution < 1.29 is 8.42 Å². The van der Waals surface area contributed by atoms with E-state index in [1.54, 1.807) is 7.05 Å². The minimum absolute atomic E-state index is 0. The number of benzene rings is 1. The Morgan fingerprint density at radius 3 is 2.39 bits per heavy atom. The van der Waals surface area contributed by atoms with Gasteiger partial charge >= 0.3 is 0 Å². The van der Waals surface area contributed by atoms with Crippen LogP contribution in [0.25, 0.3) is 0 Å². The Morgan fingerprint density at radius 2 is 1.83 bits per heavy atom. The highest BCUT2D eigenvalue weighted by Gasteiger charge is 2.10. The zero-order chi connectivity index (χ0) is 16.4. The Morgan fingerprint density at radius 1 is 1.17 bits per heavy atom. The fourth-order valence-corrected chi connectivity index (χ4v) is 2.59. The van der Waals surface area contributed by atoms with E-state index in [9.17, 15) is 8.42 Å². The number of halogens is 1. The maximum Gasteiger partial charge on any atom is 0.213 e. The number of nitrogens with zero attached hydrogens (tertiary/aromatic N) is 1. The van der Waals surface area contributed by atoms with Gasteiger partial charge in [0.05, 0.1) is 5.75 Å². The van der Waals surface area contributed by atoms with Crippen molar-refractivity contribution in [1.82, 2.24) is 15.4 Å². The number of aliphatic imine (C=N–C) groups is 1. The van der Waals surface area contributed by atoms with Crippen LogP contribution in [-0.2, 0) is 16.6 Å². The highest BCUT2D eigenvalue weighted by Crippen LogP contribution is 1.98. The molecule has 0 spiro atoms. The summed E-state index contributed by atoms with van der Waals surface area (Å²) in [6.45, 7) is 5.60. The molecule has 0 aliphatic rings. The maximum absolute atomic E-state index is 11.9. The number of hydrogen-bond acceptors (Lipinski definition) is 3. The lowest BCUT2D eigenvalue weighted by atomic mass is 10.2. The SMILES string of the molecule is CN=C(NCCS(=O)(=O)NCc1ccccc1)NCC(C)C.I. The van der Waals surface area contributed by atoms with Gasteiger partial charge in [0.1, 0.15) is 0 Å². The molecule has 0 unspecified atom stereocenters. The van der Waals surface area contributed by atoms with Crippen LogP contribution in [0.2, 0.25) is 0 Å². The number of guanidine groups is 1. The lowest BCUT2D eigenvalue weighted by Crippen LogP contribution is -2.42. The van der Waals surface area contributed by atoms with Gasteiger partial charge in [-0.1, -0.05) is 44.2 Å². The normalized spacial score (nSPS) is 11.9. The summed E-state index contributed by atoms with van der Waals surface area (Å²) in [5.74, 6) is 1.11. The third-order valence-corrected chi connectivity index (χ3v) is 4.23. The average molecular weight is 454 g/mol. The fourth-order valence-electron chi connectivity index (χ4n) is 1.69. The van der Waals surface area contributed by atoms with Crippen LogP contribution in [0.3, 0.4) is 0 Å². The average Bonchev–Trinajstić information content (AvgIpc) is 2.49. The minimum atomic E-state index is -3.31. The van der Waals surface area contributed by atoms with Crippen LogP contribution in [0.15, 0.2) is 35.3 Å². The van der Waals surface area contributed by atoms with E-state index < -0.39 is 10.0 Å². The van der Waals surface area contributed by atoms with Crippen LogP contribution in [0.5, 0.6) is 0 Å². The third-order valence-electron chi connectivity index (χ3n) is 2.90. The zero-order valence-corrected chi connectivity index (χ0v) is 17.0. The van der Waals surface area contributed by atoms with Gasteiger partial charge in [0.15, 0.2) is 5.96 Å². The van der Waals surface area contributed by atoms with E-state index in [0.29, 0.717) is 25.0 Å². The molecule has 1 aromatic rings. The molecule has 8 heteroatoms. The molecular formula is C15H27IN4O2S. The van der Waals surface area contributed by atoms with Gasteiger partial charge in [-0.2, -0.15) is 0 Å². The second kappa shape index (κ2) is 11.6. The molecule has 1 aromatic carbocycles. The second-order valence-corrected chi connectivity index (χ2v) is 7.33. The van der Waals surface area contributed by atoms with Crippen molar-refractivity contribution in [2.45, 2.75) is 20.4 Å². The molecule has 0 aliphatic carbocycles. The van der Waals surface area contributed by atoms with Gasteiger partial charge in [-0.3, -0.25) is 4.99 Å². The van der Waals surface area contributed by atoms with E-state index in [1.807, 2.05) is 30.3 Å². The number of hydrogen-bond donors (Lipinski definition) is 3. The van der Waals surface area contributed by atoms with Crippen LogP contribution in [0, 0.1) is 5.92 Å². The van der Waals surface area contributed by atoms with Gasteiger partial charge in [0.2, 0.25) is 10.0 Å². The summed E-state index contributed by atoms with van der Waals surface area (Å²) in [5.41, 5.74) is 0.938. The standard InChI is InChI=1S/C15H26N4O2S.HI/c1-13(2)11-18-15(16-3)17-9-10-22(20,21)19-12-14-7-5-4-6-8-14;/h4-8,13,19H,9-12H2,1-3H3,(H2,16,17,18);1H. The summed E-state index contributed by atoms with van der Waals surface area (Å²) in [7, 11) is -1.65. The summed E-state index contributed by atoms with van der Waals surface area (Å²) in [6.07, 6.45) is 0. The fraction of sp³-hybridized carbons (Fsp3) is 0.533. The Bertz CT molecular complexity index is 562. The lowest BCUT2D eigenvalue weighted by Gasteiger charge is -2.13. The van der Waals surface area contributed by atoms with Gasteiger partial charge in [0.25, 0.3) is 0 Å². The largest absolute Gasteiger partial charge is 0.356 e. The number of sulfonamides is 1. The highest BCUT2D eigenvalue weighted by atomic mass is 127. The molecule has 3 N–H and O–H groups in total. The molecule has 1 rings (SSSR count). The Hall–Kier alpha value is -0.870. The van der Waals surface area contributed by atoms with Crippen molar-refractivity contribution in [3.63, 3.8) is 0 Å². The van der Waals surface area contributed by atoms with Gasteiger partial charge in [-0.05, 0) is 11.5 Å². The zero-order valence-electron chi connectivity index (χ0n) is 13.9. The first-order valence-electron chi connectivity index (χ1n) is 7.38. The van der Waals surface area contributed by atoms with Crippen molar-refractivity contribution in [1.29, 1.82) is 0 Å². The topological polar surface area (TPSA) is 82.6 Å². The Kier molecular flexibility index (Phi) is 11.2. The van der Waals surface area contributed by atoms with Gasteiger partial charge < -0.3 is 10.6 Å². The van der Waals surface area contributed by atoms with E-state index in [0.717, 1.165) is 12.1 Å². The van der Waals surface area contributed by atoms with Crippen molar-refractivity contribution >= 4 is 40.0 Å². The van der Waals surface area contributed by atoms with Crippen LogP contribution in [-0.4, -0.2) is 40.3 Å². The van der Waals surface area contributed by atoms with Crippen LogP contribution in [0.1, 0.15) is 19.4 Å². The predicted octanol–water partition coefficient (Wildman–Crippen LogP) is 1.54. The molecule has 0 aliphatic heterocycles. The van der Waals surface area contributed by atoms with Crippen LogP contribution < -0.4 is 15.4 Å². The monoisotopic (exact) mass is 454 g/mol. The Balaban J connectivity index is 0.00000484. The summed E-state index contributed by atoms with van der Waals surface area (Å²) in [6, 6.07) is 9.44. The molecule has 0 fully saturated rings. The summed E-state index contributed by atoms with van der Waals surface area (Å²) < 4.78 is 26.4. The van der Waals surface area contributed by atoms with Crippen molar-refractivity contribution in [3.05, 3.63) is 35.9 Å². The Labute approximate surface area is 156 Å². The molecule has 23 heavy (non-hydrogen) atoms. The molecule has 132 valence electrons. The van der Waals surface area contributed by atoms with Gasteiger partial charge in [-0.25, -0.2) is 13.1 Å². The molecular weight excluding hydrogens is 427 g/mol. The predicted molar refractivity (Wildman–Crippen MR) is 107 cm³/mol. The first-order chi connectivity index (χ1) is 10.4. The summed E-state index contributed by atoms with van der Waals surface area (Å²) in [5, 5.41) is 6.14. The number of nitrogens with one attached hydrogen (secondary N) is 3. The molecule has 0 aromatic heterocycles. The molecule has 0 bridgehead atoms. The third kappa shape index (κ3) is 10.5. The molecule has 0 saturated carbocycles. The van der Waals surface area contributed by atoms with E-state index in [2.05, 4.69) is 34.2 Å². The van der Waals surface area contributed by atoms with E-state index in [4.69, 9.17) is 0 Å². The van der Waals surface area contributed by atoms with Crippen molar-refractivity contribution in [3.8, 4) is 0 Å². The molecule has 0 radical (unpaired) electrons. The highest BCUT2D eigenvalue weighted by molar-refractivity contribution is 14.0. The quantitative estimate of drug-likeness (QED) is 0.316. The number of rotatable bonds is 8. The second-order valence-electron chi connectivity index (χ2n) is 5.40. The van der Waals surface area contributed by atoms with E-state index >= 15 is 0 Å². The van der Waals surface area contributed by atoms with Crippen LogP contribution in [0.4, 0.5) is 0 Å². The van der Waals surface area contributed by atoms with Crippen molar-refractivity contribution in [2.24, 2.45) is 10.9 Å². The molecule has 0 heterocycles. The smallest absolute Gasteiger partial charge is 0.213 e. The summed E-state index contributed by atoms with van der Waals surface area (Å²) >= 11 is 0. The lowest BCUT2D eigenvalue weighted by molar-refractivity contribution is 0.579.